The molecule has 2 rings (SSSR count). The number of nitrogens with one attached hydrogen (secondary N) is 1. The van der Waals surface area contributed by atoms with E-state index in [0.717, 1.165) is 18.4 Å². The molecule has 1 aliphatic rings. The van der Waals surface area contributed by atoms with Gasteiger partial charge in [-0.3, -0.25) is 9.59 Å². The predicted octanol–water partition coefficient (Wildman–Crippen LogP) is 2.96. The Morgan fingerprint density at radius 2 is 1.90 bits per heavy atom. The van der Waals surface area contributed by atoms with Crippen molar-refractivity contribution in [2.45, 2.75) is 32.6 Å². The fourth-order valence-corrected chi connectivity index (χ4v) is 2.69. The molecule has 1 aromatic carbocycles. The molecule has 5 heteroatoms. The standard InChI is InChI=1S/C15H18FNO3/c1-9-6-7-13(12(16)8-9)17-14(18)10-4-2-3-5-11(10)15(19)20/h6-8,10-11H,2-5H2,1H3,(H,17,18)(H,19,20)/t10-,11-/m1/s1. The highest BCUT2D eigenvalue weighted by molar-refractivity contribution is 5.95. The Labute approximate surface area is 117 Å². The van der Waals surface area contributed by atoms with Gasteiger partial charge >= 0.3 is 5.97 Å². The largest absolute Gasteiger partial charge is 0.481 e. The molecule has 1 aromatic rings. The summed E-state index contributed by atoms with van der Waals surface area (Å²) in [4.78, 5) is 23.4. The van der Waals surface area contributed by atoms with Gasteiger partial charge in [0.15, 0.2) is 0 Å². The Bertz CT molecular complexity index is 530. The van der Waals surface area contributed by atoms with Gasteiger partial charge in [-0.05, 0) is 37.5 Å². The topological polar surface area (TPSA) is 66.4 Å². The van der Waals surface area contributed by atoms with Crippen molar-refractivity contribution < 1.29 is 19.1 Å². The monoisotopic (exact) mass is 279 g/mol. The number of benzene rings is 1. The SMILES string of the molecule is Cc1ccc(NC(=O)[C@@H]2CCCC[C@H]2C(=O)O)c(F)c1. The molecule has 1 saturated carbocycles. The molecule has 1 aliphatic carbocycles. The van der Waals surface area contributed by atoms with Crippen molar-refractivity contribution in [3.63, 3.8) is 0 Å². The first-order chi connectivity index (χ1) is 9.49. The third-order valence-corrected chi connectivity index (χ3v) is 3.80. The number of rotatable bonds is 3. The number of halogens is 1. The van der Waals surface area contributed by atoms with Crippen LogP contribution in [0.2, 0.25) is 0 Å². The second-order valence-corrected chi connectivity index (χ2v) is 5.31. The summed E-state index contributed by atoms with van der Waals surface area (Å²) >= 11 is 0. The normalized spacial score (nSPS) is 22.3. The van der Waals surface area contributed by atoms with Crippen LogP contribution in [-0.4, -0.2) is 17.0 Å². The number of carbonyl (C=O) groups is 2. The zero-order valence-electron chi connectivity index (χ0n) is 11.4. The number of hydrogen-bond acceptors (Lipinski definition) is 2. The van der Waals surface area contributed by atoms with Crippen LogP contribution in [0.1, 0.15) is 31.2 Å². The van der Waals surface area contributed by atoms with Gasteiger partial charge in [-0.25, -0.2) is 4.39 Å². The molecule has 4 nitrogen and oxygen atoms in total. The maximum Gasteiger partial charge on any atom is 0.307 e. The average Bonchev–Trinajstić information content (AvgIpc) is 2.41. The number of aryl methyl sites for hydroxylation is 1. The lowest BCUT2D eigenvalue weighted by atomic mass is 9.78. The molecular weight excluding hydrogens is 261 g/mol. The van der Waals surface area contributed by atoms with E-state index in [2.05, 4.69) is 5.32 Å². The summed E-state index contributed by atoms with van der Waals surface area (Å²) in [5.41, 5.74) is 0.872. The third-order valence-electron chi connectivity index (χ3n) is 3.80. The van der Waals surface area contributed by atoms with E-state index in [0.29, 0.717) is 12.8 Å². The van der Waals surface area contributed by atoms with E-state index in [1.54, 1.807) is 13.0 Å². The number of anilines is 1. The molecule has 0 saturated heterocycles. The number of carboxylic acid groups (broad SMARTS) is 1. The lowest BCUT2D eigenvalue weighted by Crippen LogP contribution is -2.36. The lowest BCUT2D eigenvalue weighted by Gasteiger charge is -2.27. The molecule has 0 heterocycles. The molecule has 1 fully saturated rings. The van der Waals surface area contributed by atoms with Crippen molar-refractivity contribution in [2.75, 3.05) is 5.32 Å². The summed E-state index contributed by atoms with van der Waals surface area (Å²) < 4.78 is 13.7. The Morgan fingerprint density at radius 1 is 1.25 bits per heavy atom. The van der Waals surface area contributed by atoms with E-state index in [4.69, 9.17) is 5.11 Å². The Kier molecular flexibility index (Phi) is 4.37. The van der Waals surface area contributed by atoms with Crippen molar-refractivity contribution >= 4 is 17.6 Å². The van der Waals surface area contributed by atoms with Crippen molar-refractivity contribution in [1.82, 2.24) is 0 Å². The summed E-state index contributed by atoms with van der Waals surface area (Å²) in [5, 5.41) is 11.7. The summed E-state index contributed by atoms with van der Waals surface area (Å²) in [6, 6.07) is 4.54. The van der Waals surface area contributed by atoms with E-state index in [9.17, 15) is 14.0 Å². The Hall–Kier alpha value is -1.91. The summed E-state index contributed by atoms with van der Waals surface area (Å²) in [5.74, 6) is -3.10. The van der Waals surface area contributed by atoms with E-state index in [-0.39, 0.29) is 5.69 Å². The van der Waals surface area contributed by atoms with Gasteiger partial charge < -0.3 is 10.4 Å². The van der Waals surface area contributed by atoms with E-state index in [1.807, 2.05) is 0 Å². The summed E-state index contributed by atoms with van der Waals surface area (Å²) in [6.45, 7) is 1.76. The highest BCUT2D eigenvalue weighted by Gasteiger charge is 2.35. The molecule has 0 radical (unpaired) electrons. The molecule has 0 unspecified atom stereocenters. The number of carbonyl (C=O) groups excluding carboxylic acids is 1. The molecule has 2 atom stereocenters. The van der Waals surface area contributed by atoms with Crippen LogP contribution < -0.4 is 5.32 Å². The maximum atomic E-state index is 13.7. The molecule has 2 N–H and O–H groups in total. The number of carboxylic acids is 1. The molecule has 0 spiro atoms. The molecule has 0 aliphatic heterocycles. The van der Waals surface area contributed by atoms with Gasteiger partial charge in [-0.1, -0.05) is 18.9 Å². The van der Waals surface area contributed by atoms with Crippen molar-refractivity contribution in [2.24, 2.45) is 11.8 Å². The number of aliphatic carboxylic acids is 1. The van der Waals surface area contributed by atoms with Crippen molar-refractivity contribution in [3.05, 3.63) is 29.6 Å². The van der Waals surface area contributed by atoms with Gasteiger partial charge in [0, 0.05) is 0 Å². The third kappa shape index (κ3) is 3.15. The van der Waals surface area contributed by atoms with Crippen LogP contribution in [0.15, 0.2) is 18.2 Å². The minimum atomic E-state index is -0.950. The molecule has 20 heavy (non-hydrogen) atoms. The van der Waals surface area contributed by atoms with Gasteiger partial charge in [0.05, 0.1) is 17.5 Å². The van der Waals surface area contributed by atoms with Crippen LogP contribution in [-0.2, 0) is 9.59 Å². The highest BCUT2D eigenvalue weighted by atomic mass is 19.1. The number of hydrogen-bond donors (Lipinski definition) is 2. The fourth-order valence-electron chi connectivity index (χ4n) is 2.69. The van der Waals surface area contributed by atoms with Gasteiger partial charge in [-0.2, -0.15) is 0 Å². The quantitative estimate of drug-likeness (QED) is 0.894. The first-order valence-electron chi connectivity index (χ1n) is 6.79. The molecule has 0 aromatic heterocycles. The number of amides is 1. The average molecular weight is 279 g/mol. The van der Waals surface area contributed by atoms with E-state index in [1.165, 1.54) is 12.1 Å². The van der Waals surface area contributed by atoms with Crippen LogP contribution in [0, 0.1) is 24.6 Å². The maximum absolute atomic E-state index is 13.7. The second kappa shape index (κ2) is 6.03. The highest BCUT2D eigenvalue weighted by Crippen LogP contribution is 2.31. The first kappa shape index (κ1) is 14.5. The zero-order valence-corrected chi connectivity index (χ0v) is 11.4. The van der Waals surface area contributed by atoms with Crippen molar-refractivity contribution in [3.8, 4) is 0 Å². The Morgan fingerprint density at radius 3 is 2.50 bits per heavy atom. The van der Waals surface area contributed by atoms with Crippen LogP contribution in [0.25, 0.3) is 0 Å². The molecule has 108 valence electrons. The van der Waals surface area contributed by atoms with Gasteiger partial charge in [-0.15, -0.1) is 0 Å². The van der Waals surface area contributed by atoms with Gasteiger partial charge in [0.2, 0.25) is 5.91 Å². The molecule has 1 amide bonds. The van der Waals surface area contributed by atoms with Crippen LogP contribution in [0.5, 0.6) is 0 Å². The molecule has 0 bridgehead atoms. The van der Waals surface area contributed by atoms with Crippen LogP contribution in [0.3, 0.4) is 0 Å². The smallest absolute Gasteiger partial charge is 0.307 e. The van der Waals surface area contributed by atoms with Gasteiger partial charge in [0.25, 0.3) is 0 Å². The summed E-state index contributed by atoms with van der Waals surface area (Å²) in [6.07, 6.45) is 2.69. The minimum absolute atomic E-state index is 0.107. The minimum Gasteiger partial charge on any atom is -0.481 e. The fraction of sp³-hybridized carbons (Fsp3) is 0.467. The molecular formula is C15H18FNO3. The van der Waals surface area contributed by atoms with Gasteiger partial charge in [0.1, 0.15) is 5.82 Å². The summed E-state index contributed by atoms with van der Waals surface area (Å²) in [7, 11) is 0. The zero-order chi connectivity index (χ0) is 14.7. The first-order valence-corrected chi connectivity index (χ1v) is 6.79. The Balaban J connectivity index is 2.12. The lowest BCUT2D eigenvalue weighted by molar-refractivity contribution is -0.147. The second-order valence-electron chi connectivity index (χ2n) is 5.31. The predicted molar refractivity (Wildman–Crippen MR) is 72.9 cm³/mol. The van der Waals surface area contributed by atoms with E-state index < -0.39 is 29.5 Å². The van der Waals surface area contributed by atoms with Crippen molar-refractivity contribution in [1.29, 1.82) is 0 Å². The van der Waals surface area contributed by atoms with Crippen LogP contribution >= 0.6 is 0 Å². The van der Waals surface area contributed by atoms with E-state index >= 15 is 0 Å². The van der Waals surface area contributed by atoms with Crippen LogP contribution in [0.4, 0.5) is 10.1 Å².